The fourth-order valence-corrected chi connectivity index (χ4v) is 5.09. The van der Waals surface area contributed by atoms with E-state index in [1.54, 1.807) is 13.1 Å². The van der Waals surface area contributed by atoms with Gasteiger partial charge in [0.2, 0.25) is 10.0 Å². The molecule has 0 amide bonds. The summed E-state index contributed by atoms with van der Waals surface area (Å²) in [6.45, 7) is 2.55. The van der Waals surface area contributed by atoms with Crippen molar-refractivity contribution >= 4 is 40.0 Å². The number of halogens is 2. The van der Waals surface area contributed by atoms with Gasteiger partial charge in [-0.05, 0) is 28.8 Å². The van der Waals surface area contributed by atoms with Gasteiger partial charge in [0.1, 0.15) is 5.82 Å². The maximum absolute atomic E-state index is 13.5. The van der Waals surface area contributed by atoms with Crippen LogP contribution < -0.4 is 5.32 Å². The second kappa shape index (κ2) is 12.5. The summed E-state index contributed by atoms with van der Waals surface area (Å²) in [5.74, 6) is 0.308. The first-order valence-electron chi connectivity index (χ1n) is 10.2. The Balaban J connectivity index is 0.00000363. The predicted molar refractivity (Wildman–Crippen MR) is 135 cm³/mol. The molecule has 3 rings (SSSR count). The van der Waals surface area contributed by atoms with Crippen LogP contribution in [0.25, 0.3) is 0 Å². The maximum atomic E-state index is 13.5. The summed E-state index contributed by atoms with van der Waals surface area (Å²) < 4.78 is 45.9. The van der Waals surface area contributed by atoms with Gasteiger partial charge in [0, 0.05) is 40.3 Å². The molecule has 2 aromatic rings. The van der Waals surface area contributed by atoms with Gasteiger partial charge in [-0.1, -0.05) is 36.4 Å². The van der Waals surface area contributed by atoms with Gasteiger partial charge < -0.3 is 15.0 Å². The molecule has 1 heterocycles. The van der Waals surface area contributed by atoms with Crippen LogP contribution in [0.3, 0.4) is 0 Å². The Morgan fingerprint density at radius 2 is 1.84 bits per heavy atom. The average molecular weight is 576 g/mol. The molecule has 0 radical (unpaired) electrons. The Hall–Kier alpha value is -1.76. The largest absolute Gasteiger partial charge is 0.379 e. The predicted octanol–water partition coefficient (Wildman–Crippen LogP) is 2.81. The molecular weight excluding hydrogens is 546 g/mol. The minimum absolute atomic E-state index is 0. The molecule has 2 aromatic carbocycles. The Kier molecular flexibility index (Phi) is 10.3. The van der Waals surface area contributed by atoms with Gasteiger partial charge in [-0.2, -0.15) is 4.31 Å². The maximum Gasteiger partial charge on any atom is 0.218 e. The molecule has 0 aromatic heterocycles. The van der Waals surface area contributed by atoms with Crippen molar-refractivity contribution in [3.8, 4) is 0 Å². The normalized spacial score (nSPS) is 15.2. The van der Waals surface area contributed by atoms with Crippen molar-refractivity contribution in [1.82, 2.24) is 14.5 Å². The van der Waals surface area contributed by atoms with E-state index < -0.39 is 10.0 Å². The minimum atomic E-state index is -3.41. The zero-order chi connectivity index (χ0) is 22.3. The highest BCUT2D eigenvalue weighted by atomic mass is 127. The number of benzene rings is 2. The molecule has 1 aliphatic heterocycles. The number of rotatable bonds is 7. The SMILES string of the molecule is CN=C(NCc1ccccc1CS(=O)(=O)N1CCOCC1)N(C)Cc1cccc(F)c1.I. The number of hydrogen-bond donors (Lipinski definition) is 1. The first-order chi connectivity index (χ1) is 14.9. The van der Waals surface area contributed by atoms with Gasteiger partial charge in [0.15, 0.2) is 5.96 Å². The van der Waals surface area contributed by atoms with Crippen molar-refractivity contribution < 1.29 is 17.5 Å². The standard InChI is InChI=1S/C22H29FN4O3S.HI/c1-24-22(26(2)16-18-6-5-9-21(23)14-18)25-15-19-7-3-4-8-20(19)17-31(28,29)27-10-12-30-13-11-27;/h3-9,14H,10-13,15-17H2,1-2H3,(H,24,25);1H. The summed E-state index contributed by atoms with van der Waals surface area (Å²) in [5.41, 5.74) is 2.48. The van der Waals surface area contributed by atoms with Crippen molar-refractivity contribution in [3.63, 3.8) is 0 Å². The summed E-state index contributed by atoms with van der Waals surface area (Å²) in [4.78, 5) is 6.19. The van der Waals surface area contributed by atoms with Crippen LogP contribution in [0.4, 0.5) is 4.39 Å². The topological polar surface area (TPSA) is 74.2 Å². The van der Waals surface area contributed by atoms with Crippen LogP contribution in [-0.2, 0) is 33.6 Å². The first kappa shape index (κ1) is 26.5. The molecule has 1 saturated heterocycles. The molecule has 7 nitrogen and oxygen atoms in total. The lowest BCUT2D eigenvalue weighted by atomic mass is 10.1. The van der Waals surface area contributed by atoms with E-state index in [-0.39, 0.29) is 35.5 Å². The zero-order valence-corrected chi connectivity index (χ0v) is 21.5. The highest BCUT2D eigenvalue weighted by Gasteiger charge is 2.25. The van der Waals surface area contributed by atoms with Crippen LogP contribution in [0.15, 0.2) is 53.5 Å². The molecule has 0 aliphatic carbocycles. The number of guanidine groups is 1. The third kappa shape index (κ3) is 7.39. The summed E-state index contributed by atoms with van der Waals surface area (Å²) in [5, 5.41) is 3.28. The summed E-state index contributed by atoms with van der Waals surface area (Å²) in [7, 11) is 0.135. The molecule has 10 heteroatoms. The van der Waals surface area contributed by atoms with Crippen LogP contribution >= 0.6 is 24.0 Å². The van der Waals surface area contributed by atoms with Gasteiger partial charge in [0.05, 0.1) is 19.0 Å². The van der Waals surface area contributed by atoms with Crippen molar-refractivity contribution in [2.45, 2.75) is 18.8 Å². The Labute approximate surface area is 206 Å². The molecule has 32 heavy (non-hydrogen) atoms. The summed E-state index contributed by atoms with van der Waals surface area (Å²) in [6.07, 6.45) is 0. The highest BCUT2D eigenvalue weighted by Crippen LogP contribution is 2.17. The van der Waals surface area contributed by atoms with E-state index in [4.69, 9.17) is 4.74 Å². The minimum Gasteiger partial charge on any atom is -0.379 e. The van der Waals surface area contributed by atoms with Crippen LogP contribution in [0.5, 0.6) is 0 Å². The Morgan fingerprint density at radius 1 is 1.16 bits per heavy atom. The van der Waals surface area contributed by atoms with Gasteiger partial charge in [0.25, 0.3) is 0 Å². The lowest BCUT2D eigenvalue weighted by Gasteiger charge is -2.26. The number of aliphatic imine (C=N–C) groups is 1. The van der Waals surface area contributed by atoms with E-state index in [0.29, 0.717) is 45.4 Å². The van der Waals surface area contributed by atoms with Crippen molar-refractivity contribution in [2.75, 3.05) is 40.4 Å². The number of sulfonamides is 1. The van der Waals surface area contributed by atoms with Crippen molar-refractivity contribution in [3.05, 3.63) is 71.0 Å². The summed E-state index contributed by atoms with van der Waals surface area (Å²) in [6, 6.07) is 13.9. The third-order valence-electron chi connectivity index (χ3n) is 5.14. The number of ether oxygens (including phenoxy) is 1. The van der Waals surface area contributed by atoms with Gasteiger partial charge in [-0.15, -0.1) is 24.0 Å². The summed E-state index contributed by atoms with van der Waals surface area (Å²) >= 11 is 0. The van der Waals surface area contributed by atoms with E-state index in [2.05, 4.69) is 10.3 Å². The molecule has 0 spiro atoms. The van der Waals surface area contributed by atoms with Crippen LogP contribution in [0, 0.1) is 5.82 Å². The molecule has 0 unspecified atom stereocenters. The van der Waals surface area contributed by atoms with Crippen LogP contribution in [-0.4, -0.2) is 64.0 Å². The molecular formula is C22H30FIN4O3S. The lowest BCUT2D eigenvalue weighted by molar-refractivity contribution is 0.0729. The fraction of sp³-hybridized carbons (Fsp3) is 0.409. The van der Waals surface area contributed by atoms with E-state index in [0.717, 1.165) is 16.7 Å². The lowest BCUT2D eigenvalue weighted by Crippen LogP contribution is -2.41. The number of nitrogens with one attached hydrogen (secondary N) is 1. The highest BCUT2D eigenvalue weighted by molar-refractivity contribution is 14.0. The van der Waals surface area contributed by atoms with E-state index in [9.17, 15) is 12.8 Å². The molecule has 1 aliphatic rings. The molecule has 0 saturated carbocycles. The van der Waals surface area contributed by atoms with Crippen LogP contribution in [0.1, 0.15) is 16.7 Å². The fourth-order valence-electron chi connectivity index (χ4n) is 3.53. The second-order valence-electron chi connectivity index (χ2n) is 7.42. The average Bonchev–Trinajstić information content (AvgIpc) is 2.76. The van der Waals surface area contributed by atoms with E-state index in [1.807, 2.05) is 42.3 Å². The van der Waals surface area contributed by atoms with Crippen LogP contribution in [0.2, 0.25) is 0 Å². The molecule has 1 N–H and O–H groups in total. The monoisotopic (exact) mass is 576 g/mol. The molecule has 0 bridgehead atoms. The molecule has 1 fully saturated rings. The second-order valence-corrected chi connectivity index (χ2v) is 9.39. The number of nitrogens with zero attached hydrogens (tertiary/aromatic N) is 3. The molecule has 176 valence electrons. The van der Waals surface area contributed by atoms with Crippen molar-refractivity contribution in [1.29, 1.82) is 0 Å². The third-order valence-corrected chi connectivity index (χ3v) is 6.97. The van der Waals surface area contributed by atoms with E-state index in [1.165, 1.54) is 16.4 Å². The smallest absolute Gasteiger partial charge is 0.218 e. The van der Waals surface area contributed by atoms with E-state index >= 15 is 0 Å². The first-order valence-corrected chi connectivity index (χ1v) is 11.8. The number of morpholine rings is 1. The van der Waals surface area contributed by atoms with Crippen molar-refractivity contribution in [2.24, 2.45) is 4.99 Å². The molecule has 0 atom stereocenters. The zero-order valence-electron chi connectivity index (χ0n) is 18.3. The van der Waals surface area contributed by atoms with Gasteiger partial charge in [-0.3, -0.25) is 4.99 Å². The van der Waals surface area contributed by atoms with Gasteiger partial charge in [-0.25, -0.2) is 12.8 Å². The Bertz CT molecular complexity index is 1010. The Morgan fingerprint density at radius 3 is 2.50 bits per heavy atom. The number of hydrogen-bond acceptors (Lipinski definition) is 4. The van der Waals surface area contributed by atoms with Gasteiger partial charge >= 0.3 is 0 Å². The quantitative estimate of drug-likeness (QED) is 0.312.